The third-order valence-corrected chi connectivity index (χ3v) is 6.63. The minimum Gasteiger partial charge on any atom is -0.357 e. The Hall–Kier alpha value is -2.58. The third kappa shape index (κ3) is 5.42. The molecule has 0 radical (unpaired) electrons. The predicted octanol–water partition coefficient (Wildman–Crippen LogP) is 1.03. The molecule has 2 aliphatic rings. The highest BCUT2D eigenvalue weighted by Gasteiger charge is 2.31. The van der Waals surface area contributed by atoms with E-state index in [0.717, 1.165) is 62.6 Å². The van der Waals surface area contributed by atoms with Crippen LogP contribution in [0.25, 0.3) is 0 Å². The molecule has 0 aliphatic carbocycles. The van der Waals surface area contributed by atoms with Crippen molar-refractivity contribution in [2.45, 2.75) is 58.4 Å². The molecule has 1 aromatic rings. The number of rotatable bonds is 6. The topological polar surface area (TPSA) is 87.9 Å². The quantitative estimate of drug-likeness (QED) is 0.650. The number of carbonyl (C=O) groups excluding carboxylic acids is 2. The van der Waals surface area contributed by atoms with Crippen LogP contribution in [-0.4, -0.2) is 70.5 Å². The summed E-state index contributed by atoms with van der Waals surface area (Å²) in [6.45, 7) is 5.28. The van der Waals surface area contributed by atoms with Crippen molar-refractivity contribution >= 4 is 17.6 Å². The molecule has 0 spiro atoms. The number of carbonyl (C=O) groups is 2. The van der Waals surface area contributed by atoms with Gasteiger partial charge >= 0.3 is 5.69 Å². The predicted molar refractivity (Wildman–Crippen MR) is 124 cm³/mol. The van der Waals surface area contributed by atoms with Crippen molar-refractivity contribution in [3.05, 3.63) is 26.9 Å². The van der Waals surface area contributed by atoms with Crippen LogP contribution in [0, 0.1) is 5.92 Å². The zero-order chi connectivity index (χ0) is 23.3. The Bertz CT molecular complexity index is 929. The first-order chi connectivity index (χ1) is 15.3. The standard InChI is InChI=1S/C23H37N5O4/c1-4-11-28-19(15-20(29)25(3)23(28)32)27-14-9-10-18(16-27)22(31)24(2)17-21(30)26-12-7-5-6-8-13-26/h15,18H,4-14,16-17H2,1-3H3. The van der Waals surface area contributed by atoms with Gasteiger partial charge in [0.1, 0.15) is 5.82 Å². The number of likely N-dealkylation sites (tertiary alicyclic amines) is 1. The van der Waals surface area contributed by atoms with Crippen molar-refractivity contribution in [3.8, 4) is 0 Å². The lowest BCUT2D eigenvalue weighted by atomic mass is 9.96. The lowest BCUT2D eigenvalue weighted by molar-refractivity contribution is -0.141. The number of aromatic nitrogens is 2. The molecule has 1 aromatic heterocycles. The molecule has 0 saturated carbocycles. The maximum Gasteiger partial charge on any atom is 0.332 e. The van der Waals surface area contributed by atoms with Crippen LogP contribution in [-0.2, 0) is 23.2 Å². The third-order valence-electron chi connectivity index (χ3n) is 6.63. The highest BCUT2D eigenvalue weighted by atomic mass is 16.2. The number of nitrogens with zero attached hydrogens (tertiary/aromatic N) is 5. The maximum atomic E-state index is 13.2. The molecule has 9 heteroatoms. The van der Waals surface area contributed by atoms with Gasteiger partial charge < -0.3 is 14.7 Å². The number of amides is 2. The average Bonchev–Trinajstić information content (AvgIpc) is 3.08. The fraction of sp³-hybridized carbons (Fsp3) is 0.739. The normalized spacial score (nSPS) is 19.5. The van der Waals surface area contributed by atoms with Crippen LogP contribution in [0.3, 0.4) is 0 Å². The van der Waals surface area contributed by atoms with E-state index >= 15 is 0 Å². The van der Waals surface area contributed by atoms with E-state index in [0.29, 0.717) is 25.5 Å². The Balaban J connectivity index is 1.70. The SMILES string of the molecule is CCCn1c(N2CCCC(C(=O)N(C)CC(=O)N3CCCCCC3)C2)cc(=O)n(C)c1=O. The first-order valence-electron chi connectivity index (χ1n) is 11.9. The van der Waals surface area contributed by atoms with Crippen LogP contribution >= 0.6 is 0 Å². The molecule has 2 saturated heterocycles. The van der Waals surface area contributed by atoms with Gasteiger partial charge in [0, 0.05) is 52.9 Å². The van der Waals surface area contributed by atoms with Crippen LogP contribution in [0.5, 0.6) is 0 Å². The molecule has 1 atom stereocenters. The molecule has 2 aliphatic heterocycles. The van der Waals surface area contributed by atoms with Gasteiger partial charge in [0.25, 0.3) is 5.56 Å². The molecule has 2 amide bonds. The van der Waals surface area contributed by atoms with Crippen molar-refractivity contribution < 1.29 is 9.59 Å². The van der Waals surface area contributed by atoms with Crippen LogP contribution in [0.15, 0.2) is 15.7 Å². The van der Waals surface area contributed by atoms with Crippen molar-refractivity contribution in [1.82, 2.24) is 18.9 Å². The van der Waals surface area contributed by atoms with Gasteiger partial charge in [-0.15, -0.1) is 0 Å². The van der Waals surface area contributed by atoms with Gasteiger partial charge in [-0.25, -0.2) is 4.79 Å². The number of hydrogen-bond acceptors (Lipinski definition) is 5. The molecular formula is C23H37N5O4. The summed E-state index contributed by atoms with van der Waals surface area (Å²) in [5.41, 5.74) is -0.672. The van der Waals surface area contributed by atoms with Crippen LogP contribution < -0.4 is 16.1 Å². The zero-order valence-corrected chi connectivity index (χ0v) is 19.7. The van der Waals surface area contributed by atoms with Gasteiger partial charge in [-0.05, 0) is 32.1 Å². The second-order valence-electron chi connectivity index (χ2n) is 9.11. The Morgan fingerprint density at radius 2 is 1.75 bits per heavy atom. The summed E-state index contributed by atoms with van der Waals surface area (Å²) < 4.78 is 2.74. The number of anilines is 1. The van der Waals surface area contributed by atoms with Crippen molar-refractivity contribution in [3.63, 3.8) is 0 Å². The molecular weight excluding hydrogens is 410 g/mol. The summed E-state index contributed by atoms with van der Waals surface area (Å²) in [5, 5.41) is 0. The fourth-order valence-corrected chi connectivity index (χ4v) is 4.75. The van der Waals surface area contributed by atoms with Gasteiger partial charge in [-0.1, -0.05) is 19.8 Å². The summed E-state index contributed by atoms with van der Waals surface area (Å²) in [7, 11) is 3.18. The summed E-state index contributed by atoms with van der Waals surface area (Å²) in [6, 6.07) is 1.50. The first kappa shape index (κ1) is 24.1. The Kier molecular flexibility index (Phi) is 8.15. The second-order valence-corrected chi connectivity index (χ2v) is 9.11. The minimum atomic E-state index is -0.342. The van der Waals surface area contributed by atoms with Crippen LogP contribution in [0.2, 0.25) is 0 Å². The average molecular weight is 448 g/mol. The molecule has 0 aromatic carbocycles. The number of likely N-dealkylation sites (N-methyl/N-ethyl adjacent to an activating group) is 1. The van der Waals surface area contributed by atoms with E-state index in [9.17, 15) is 19.2 Å². The van der Waals surface area contributed by atoms with Gasteiger partial charge in [0.2, 0.25) is 11.8 Å². The van der Waals surface area contributed by atoms with E-state index < -0.39 is 0 Å². The molecule has 9 nitrogen and oxygen atoms in total. The zero-order valence-electron chi connectivity index (χ0n) is 19.7. The van der Waals surface area contributed by atoms with Crippen molar-refractivity contribution in [2.75, 3.05) is 44.7 Å². The van der Waals surface area contributed by atoms with Gasteiger partial charge in [0.05, 0.1) is 12.5 Å². The van der Waals surface area contributed by atoms with E-state index in [-0.39, 0.29) is 35.5 Å². The van der Waals surface area contributed by atoms with E-state index in [1.54, 1.807) is 16.5 Å². The molecule has 1 unspecified atom stereocenters. The fourth-order valence-electron chi connectivity index (χ4n) is 4.75. The number of hydrogen-bond donors (Lipinski definition) is 0. The Morgan fingerprint density at radius 1 is 1.06 bits per heavy atom. The minimum absolute atomic E-state index is 0.0127. The molecule has 0 bridgehead atoms. The second kappa shape index (κ2) is 10.8. The summed E-state index contributed by atoms with van der Waals surface area (Å²) in [6.07, 6.45) is 6.65. The van der Waals surface area contributed by atoms with E-state index in [1.165, 1.54) is 13.1 Å². The van der Waals surface area contributed by atoms with Crippen LogP contribution in [0.1, 0.15) is 51.9 Å². The molecule has 2 fully saturated rings. The van der Waals surface area contributed by atoms with E-state index in [2.05, 4.69) is 0 Å². The molecule has 0 N–H and O–H groups in total. The lowest BCUT2D eigenvalue weighted by Gasteiger charge is -2.36. The number of piperidine rings is 1. The molecule has 3 rings (SSSR count). The Labute approximate surface area is 189 Å². The van der Waals surface area contributed by atoms with E-state index in [4.69, 9.17) is 0 Å². The highest BCUT2D eigenvalue weighted by Crippen LogP contribution is 2.23. The lowest BCUT2D eigenvalue weighted by Crippen LogP contribution is -2.49. The molecule has 178 valence electrons. The monoisotopic (exact) mass is 447 g/mol. The maximum absolute atomic E-state index is 13.2. The smallest absolute Gasteiger partial charge is 0.332 e. The molecule has 3 heterocycles. The van der Waals surface area contributed by atoms with Crippen molar-refractivity contribution in [2.24, 2.45) is 13.0 Å². The first-order valence-corrected chi connectivity index (χ1v) is 11.9. The van der Waals surface area contributed by atoms with Crippen molar-refractivity contribution in [1.29, 1.82) is 0 Å². The largest absolute Gasteiger partial charge is 0.357 e. The van der Waals surface area contributed by atoms with Crippen LogP contribution in [0.4, 0.5) is 5.82 Å². The van der Waals surface area contributed by atoms with Gasteiger partial charge in [-0.3, -0.25) is 23.5 Å². The summed E-state index contributed by atoms with van der Waals surface area (Å²) in [5.74, 6) is 0.283. The van der Waals surface area contributed by atoms with Gasteiger partial charge in [0.15, 0.2) is 0 Å². The Morgan fingerprint density at radius 3 is 2.41 bits per heavy atom. The van der Waals surface area contributed by atoms with Gasteiger partial charge in [-0.2, -0.15) is 0 Å². The summed E-state index contributed by atoms with van der Waals surface area (Å²) >= 11 is 0. The van der Waals surface area contributed by atoms with E-state index in [1.807, 2.05) is 16.7 Å². The summed E-state index contributed by atoms with van der Waals surface area (Å²) in [4.78, 5) is 56.2. The highest BCUT2D eigenvalue weighted by molar-refractivity contribution is 5.86. The molecule has 32 heavy (non-hydrogen) atoms.